The van der Waals surface area contributed by atoms with E-state index in [0.29, 0.717) is 6.42 Å². The van der Waals surface area contributed by atoms with E-state index in [9.17, 15) is 4.79 Å². The van der Waals surface area contributed by atoms with Gasteiger partial charge in [-0.3, -0.25) is 4.79 Å². The third kappa shape index (κ3) is 11.7. The van der Waals surface area contributed by atoms with Crippen molar-refractivity contribution < 1.29 is 9.53 Å². The van der Waals surface area contributed by atoms with Gasteiger partial charge in [-0.15, -0.1) is 12.4 Å². The van der Waals surface area contributed by atoms with Crippen LogP contribution in [0.2, 0.25) is 0 Å². The molecule has 0 spiro atoms. The topological polar surface area (TPSA) is 38.3 Å². The molecule has 0 heterocycles. The molecule has 3 nitrogen and oxygen atoms in total. The highest BCUT2D eigenvalue weighted by molar-refractivity contribution is 5.85. The van der Waals surface area contributed by atoms with E-state index >= 15 is 0 Å². The lowest BCUT2D eigenvalue weighted by atomic mass is 10.2. The Morgan fingerprint density at radius 1 is 1.29 bits per heavy atom. The van der Waals surface area contributed by atoms with Crippen LogP contribution in [-0.4, -0.2) is 25.2 Å². The van der Waals surface area contributed by atoms with E-state index in [0.717, 1.165) is 19.4 Å². The molecular formula is C10H22ClNO2. The Bertz CT molecular complexity index is 155. The van der Waals surface area contributed by atoms with Crippen LogP contribution in [0.1, 0.15) is 40.0 Å². The number of carbonyl (C=O) groups excluding carboxylic acids is 1. The van der Waals surface area contributed by atoms with Gasteiger partial charge in [-0.1, -0.05) is 0 Å². The van der Waals surface area contributed by atoms with Crippen molar-refractivity contribution in [2.24, 2.45) is 0 Å². The van der Waals surface area contributed by atoms with Gasteiger partial charge in [0.05, 0.1) is 0 Å². The third-order valence-electron chi connectivity index (χ3n) is 1.48. The van der Waals surface area contributed by atoms with Crippen molar-refractivity contribution in [3.8, 4) is 0 Å². The largest absolute Gasteiger partial charge is 0.460 e. The lowest BCUT2D eigenvalue weighted by molar-refractivity contribution is -0.154. The van der Waals surface area contributed by atoms with Crippen LogP contribution < -0.4 is 5.32 Å². The molecule has 86 valence electrons. The summed E-state index contributed by atoms with van der Waals surface area (Å²) in [5.41, 5.74) is -0.347. The van der Waals surface area contributed by atoms with E-state index in [2.05, 4.69) is 5.32 Å². The number of halogens is 1. The molecule has 0 aromatic carbocycles. The van der Waals surface area contributed by atoms with Crippen molar-refractivity contribution in [2.75, 3.05) is 13.6 Å². The van der Waals surface area contributed by atoms with E-state index in [1.807, 2.05) is 27.8 Å². The van der Waals surface area contributed by atoms with Gasteiger partial charge >= 0.3 is 5.97 Å². The Morgan fingerprint density at radius 2 is 1.86 bits per heavy atom. The first-order valence-corrected chi connectivity index (χ1v) is 4.82. The summed E-state index contributed by atoms with van der Waals surface area (Å²) in [5.74, 6) is -0.0939. The van der Waals surface area contributed by atoms with Crippen molar-refractivity contribution >= 4 is 18.4 Å². The van der Waals surface area contributed by atoms with Crippen molar-refractivity contribution in [2.45, 2.75) is 45.6 Å². The second-order valence-electron chi connectivity index (χ2n) is 4.15. The highest BCUT2D eigenvalue weighted by Crippen LogP contribution is 2.09. The van der Waals surface area contributed by atoms with Gasteiger partial charge in [0.1, 0.15) is 5.60 Å². The summed E-state index contributed by atoms with van der Waals surface area (Å²) in [7, 11) is 1.91. The van der Waals surface area contributed by atoms with Crippen LogP contribution in [0.5, 0.6) is 0 Å². The molecule has 0 radical (unpaired) electrons. The number of esters is 1. The van der Waals surface area contributed by atoms with Crippen LogP contribution in [-0.2, 0) is 9.53 Å². The Labute approximate surface area is 93.0 Å². The summed E-state index contributed by atoms with van der Waals surface area (Å²) in [6.45, 7) is 6.62. The van der Waals surface area contributed by atoms with E-state index < -0.39 is 0 Å². The molecule has 0 bridgehead atoms. The average Bonchev–Trinajstić information content (AvgIpc) is 1.94. The van der Waals surface area contributed by atoms with Gasteiger partial charge in [-0.05, 0) is 47.2 Å². The van der Waals surface area contributed by atoms with Crippen molar-refractivity contribution in [1.82, 2.24) is 5.32 Å². The maximum Gasteiger partial charge on any atom is 0.306 e. The fraction of sp³-hybridized carbons (Fsp3) is 0.900. The zero-order chi connectivity index (χ0) is 10.3. The highest BCUT2D eigenvalue weighted by Gasteiger charge is 2.15. The quantitative estimate of drug-likeness (QED) is 0.573. The van der Waals surface area contributed by atoms with E-state index in [1.165, 1.54) is 0 Å². The Balaban J connectivity index is 0. The molecule has 0 aliphatic carbocycles. The van der Waals surface area contributed by atoms with Crippen molar-refractivity contribution in [3.05, 3.63) is 0 Å². The predicted octanol–water partition coefficient (Wildman–Crippen LogP) is 2.14. The normalized spacial score (nSPS) is 10.6. The lowest BCUT2D eigenvalue weighted by Gasteiger charge is -2.19. The standard InChI is InChI=1S/C10H21NO2.ClH/c1-10(2,3)13-9(12)7-5-6-8-11-4;/h11H,5-8H2,1-4H3;1H. The first-order chi connectivity index (χ1) is 5.95. The molecule has 0 unspecified atom stereocenters. The number of nitrogens with one attached hydrogen (secondary N) is 1. The zero-order valence-electron chi connectivity index (χ0n) is 9.55. The van der Waals surface area contributed by atoms with Gasteiger partial charge in [0.15, 0.2) is 0 Å². The second kappa shape index (κ2) is 8.06. The van der Waals surface area contributed by atoms with Gasteiger partial charge in [-0.25, -0.2) is 0 Å². The van der Waals surface area contributed by atoms with Crippen LogP contribution >= 0.6 is 12.4 Å². The highest BCUT2D eigenvalue weighted by atomic mass is 35.5. The Hall–Kier alpha value is -0.280. The lowest BCUT2D eigenvalue weighted by Crippen LogP contribution is -2.23. The number of ether oxygens (including phenoxy) is 1. The molecule has 14 heavy (non-hydrogen) atoms. The van der Waals surface area contributed by atoms with Gasteiger partial charge < -0.3 is 10.1 Å². The fourth-order valence-electron chi connectivity index (χ4n) is 0.964. The van der Waals surface area contributed by atoms with Crippen molar-refractivity contribution in [3.63, 3.8) is 0 Å². The second-order valence-corrected chi connectivity index (χ2v) is 4.15. The molecule has 0 saturated heterocycles. The SMILES string of the molecule is CNCCCCC(=O)OC(C)(C)C.Cl. The molecule has 0 aliphatic heterocycles. The fourth-order valence-corrected chi connectivity index (χ4v) is 0.964. The maximum absolute atomic E-state index is 11.2. The number of unbranched alkanes of at least 4 members (excludes halogenated alkanes) is 1. The maximum atomic E-state index is 11.2. The zero-order valence-corrected chi connectivity index (χ0v) is 10.4. The molecule has 0 aliphatic rings. The minimum absolute atomic E-state index is 0. The minimum Gasteiger partial charge on any atom is -0.460 e. The van der Waals surface area contributed by atoms with Gasteiger partial charge in [0.2, 0.25) is 0 Å². The third-order valence-corrected chi connectivity index (χ3v) is 1.48. The molecule has 4 heteroatoms. The van der Waals surface area contributed by atoms with Gasteiger partial charge in [0.25, 0.3) is 0 Å². The molecule has 0 rings (SSSR count). The van der Waals surface area contributed by atoms with Gasteiger partial charge in [-0.2, -0.15) is 0 Å². The molecule has 0 atom stereocenters. The molecular weight excluding hydrogens is 202 g/mol. The number of hydrogen-bond acceptors (Lipinski definition) is 3. The summed E-state index contributed by atoms with van der Waals surface area (Å²) in [6, 6.07) is 0. The summed E-state index contributed by atoms with van der Waals surface area (Å²) in [5, 5.41) is 3.04. The Kier molecular flexibility index (Phi) is 9.31. The Morgan fingerprint density at radius 3 is 2.29 bits per heavy atom. The summed E-state index contributed by atoms with van der Waals surface area (Å²) in [4.78, 5) is 11.2. The number of carbonyl (C=O) groups is 1. The number of hydrogen-bond donors (Lipinski definition) is 1. The van der Waals surface area contributed by atoms with E-state index in [1.54, 1.807) is 0 Å². The minimum atomic E-state index is -0.347. The predicted molar refractivity (Wildman–Crippen MR) is 60.9 cm³/mol. The van der Waals surface area contributed by atoms with Crippen LogP contribution in [0.3, 0.4) is 0 Å². The first kappa shape index (κ1) is 16.2. The van der Waals surface area contributed by atoms with Gasteiger partial charge in [0, 0.05) is 6.42 Å². The molecule has 0 saturated carbocycles. The molecule has 0 amide bonds. The molecule has 1 N–H and O–H groups in total. The molecule has 0 fully saturated rings. The molecule has 0 aromatic heterocycles. The van der Waals surface area contributed by atoms with E-state index in [-0.39, 0.29) is 24.0 Å². The summed E-state index contributed by atoms with van der Waals surface area (Å²) < 4.78 is 5.16. The van der Waals surface area contributed by atoms with Crippen molar-refractivity contribution in [1.29, 1.82) is 0 Å². The summed E-state index contributed by atoms with van der Waals surface area (Å²) in [6.07, 6.45) is 2.45. The first-order valence-electron chi connectivity index (χ1n) is 4.82. The van der Waals surface area contributed by atoms with E-state index in [4.69, 9.17) is 4.74 Å². The molecule has 0 aromatic rings. The number of rotatable bonds is 5. The van der Waals surface area contributed by atoms with Crippen LogP contribution in [0, 0.1) is 0 Å². The smallest absolute Gasteiger partial charge is 0.306 e. The van der Waals surface area contributed by atoms with Crippen LogP contribution in [0.4, 0.5) is 0 Å². The van der Waals surface area contributed by atoms with Crippen LogP contribution in [0.25, 0.3) is 0 Å². The monoisotopic (exact) mass is 223 g/mol. The van der Waals surface area contributed by atoms with Crippen LogP contribution in [0.15, 0.2) is 0 Å². The average molecular weight is 224 g/mol. The summed E-state index contributed by atoms with van der Waals surface area (Å²) >= 11 is 0.